The van der Waals surface area contributed by atoms with Gasteiger partial charge in [-0.25, -0.2) is 5.43 Å². The third-order valence-electron chi connectivity index (χ3n) is 4.67. The van der Waals surface area contributed by atoms with Crippen molar-refractivity contribution < 1.29 is 14.6 Å². The number of hydrazone groups is 1. The zero-order chi connectivity index (χ0) is 21.6. The number of hydrogen-bond acceptors (Lipinski definition) is 4. The van der Waals surface area contributed by atoms with Gasteiger partial charge < -0.3 is 9.84 Å². The van der Waals surface area contributed by atoms with Crippen LogP contribution < -0.4 is 10.2 Å². The summed E-state index contributed by atoms with van der Waals surface area (Å²) in [7, 11) is 0. The van der Waals surface area contributed by atoms with Gasteiger partial charge in [-0.05, 0) is 58.3 Å². The number of carbonyl (C=O) groups excluding carboxylic acids is 1. The molecule has 0 heterocycles. The Bertz CT molecular complexity index is 1250. The van der Waals surface area contributed by atoms with Crippen molar-refractivity contribution in [3.8, 4) is 11.5 Å². The van der Waals surface area contributed by atoms with E-state index >= 15 is 0 Å². The summed E-state index contributed by atoms with van der Waals surface area (Å²) >= 11 is 5.89. The second-order valence-electron chi connectivity index (χ2n) is 6.90. The SMILES string of the molecule is O=C(N/N=C/c1cccc(OCc2ccc(Cl)cc2)c1)c1cc2ccccc2cc1O. The first-order valence-electron chi connectivity index (χ1n) is 9.61. The lowest BCUT2D eigenvalue weighted by molar-refractivity contribution is 0.0952. The van der Waals surface area contributed by atoms with Gasteiger partial charge in [0, 0.05) is 5.02 Å². The van der Waals surface area contributed by atoms with Crippen LogP contribution in [-0.2, 0) is 6.61 Å². The van der Waals surface area contributed by atoms with E-state index in [0.29, 0.717) is 17.4 Å². The van der Waals surface area contributed by atoms with Crippen LogP contribution in [0.5, 0.6) is 11.5 Å². The average Bonchev–Trinajstić information content (AvgIpc) is 2.78. The minimum atomic E-state index is -0.491. The number of hydrogen-bond donors (Lipinski definition) is 2. The molecule has 4 aromatic carbocycles. The van der Waals surface area contributed by atoms with Crippen molar-refractivity contribution in [1.29, 1.82) is 0 Å². The van der Waals surface area contributed by atoms with Crippen LogP contribution in [0.3, 0.4) is 0 Å². The summed E-state index contributed by atoms with van der Waals surface area (Å²) in [6, 6.07) is 25.5. The molecule has 0 aromatic heterocycles. The van der Waals surface area contributed by atoms with Crippen molar-refractivity contribution >= 4 is 34.5 Å². The Morgan fingerprint density at radius 1 is 0.968 bits per heavy atom. The van der Waals surface area contributed by atoms with E-state index in [0.717, 1.165) is 21.9 Å². The Morgan fingerprint density at radius 2 is 1.71 bits per heavy atom. The van der Waals surface area contributed by atoms with Gasteiger partial charge in [0.2, 0.25) is 0 Å². The Morgan fingerprint density at radius 3 is 2.48 bits per heavy atom. The number of benzene rings is 4. The van der Waals surface area contributed by atoms with Gasteiger partial charge in [-0.3, -0.25) is 4.79 Å². The summed E-state index contributed by atoms with van der Waals surface area (Å²) in [6.07, 6.45) is 1.52. The zero-order valence-corrected chi connectivity index (χ0v) is 17.2. The van der Waals surface area contributed by atoms with Crippen LogP contribution in [-0.4, -0.2) is 17.2 Å². The highest BCUT2D eigenvalue weighted by Gasteiger charge is 2.11. The molecule has 0 spiro atoms. The number of amides is 1. The molecule has 4 rings (SSSR count). The minimum absolute atomic E-state index is 0.0935. The van der Waals surface area contributed by atoms with Crippen LogP contribution in [0.15, 0.2) is 90.0 Å². The first-order chi connectivity index (χ1) is 15.1. The highest BCUT2D eigenvalue weighted by atomic mass is 35.5. The van der Waals surface area contributed by atoms with E-state index in [-0.39, 0.29) is 11.3 Å². The molecular weight excluding hydrogens is 412 g/mol. The van der Waals surface area contributed by atoms with Gasteiger partial charge in [-0.1, -0.05) is 60.1 Å². The summed E-state index contributed by atoms with van der Waals surface area (Å²) in [5, 5.41) is 16.6. The molecule has 0 atom stereocenters. The number of ether oxygens (including phenoxy) is 1. The Balaban J connectivity index is 1.39. The molecule has 6 heteroatoms. The van der Waals surface area contributed by atoms with Gasteiger partial charge in [0.05, 0.1) is 11.8 Å². The molecule has 0 aliphatic heterocycles. The van der Waals surface area contributed by atoms with Crippen molar-refractivity contribution in [3.63, 3.8) is 0 Å². The van der Waals surface area contributed by atoms with Gasteiger partial charge in [0.25, 0.3) is 5.91 Å². The van der Waals surface area contributed by atoms with Crippen LogP contribution in [0.25, 0.3) is 10.8 Å². The van der Waals surface area contributed by atoms with Gasteiger partial charge in [0.15, 0.2) is 0 Å². The molecular formula is C25H19ClN2O3. The second kappa shape index (κ2) is 9.32. The number of phenols is 1. The maximum absolute atomic E-state index is 12.4. The number of carbonyl (C=O) groups is 1. The molecule has 4 aromatic rings. The molecule has 0 saturated heterocycles. The number of nitrogens with one attached hydrogen (secondary N) is 1. The molecule has 0 bridgehead atoms. The van der Waals surface area contributed by atoms with Crippen LogP contribution in [0, 0.1) is 0 Å². The predicted octanol–water partition coefficient (Wildman–Crippen LogP) is 5.54. The van der Waals surface area contributed by atoms with E-state index < -0.39 is 5.91 Å². The lowest BCUT2D eigenvalue weighted by Crippen LogP contribution is -2.17. The molecule has 2 N–H and O–H groups in total. The minimum Gasteiger partial charge on any atom is -0.507 e. The number of phenolic OH excluding ortho intramolecular Hbond substituents is 1. The summed E-state index contributed by atoms with van der Waals surface area (Å²) in [6.45, 7) is 0.412. The monoisotopic (exact) mass is 430 g/mol. The van der Waals surface area contributed by atoms with Crippen molar-refractivity contribution in [3.05, 3.63) is 107 Å². The van der Waals surface area contributed by atoms with Gasteiger partial charge >= 0.3 is 0 Å². The molecule has 0 radical (unpaired) electrons. The fourth-order valence-corrected chi connectivity index (χ4v) is 3.19. The summed E-state index contributed by atoms with van der Waals surface area (Å²) in [4.78, 5) is 12.4. The van der Waals surface area contributed by atoms with E-state index in [4.69, 9.17) is 16.3 Å². The van der Waals surface area contributed by atoms with Crippen molar-refractivity contribution in [2.45, 2.75) is 6.61 Å². The number of rotatable bonds is 6. The van der Waals surface area contributed by atoms with Gasteiger partial charge in [-0.2, -0.15) is 5.10 Å². The van der Waals surface area contributed by atoms with E-state index in [1.54, 1.807) is 12.1 Å². The Kier molecular flexibility index (Phi) is 6.15. The topological polar surface area (TPSA) is 70.9 Å². The van der Waals surface area contributed by atoms with E-state index in [1.807, 2.05) is 72.8 Å². The highest BCUT2D eigenvalue weighted by molar-refractivity contribution is 6.30. The first kappa shape index (κ1) is 20.4. The van der Waals surface area contributed by atoms with Crippen molar-refractivity contribution in [1.82, 2.24) is 5.43 Å². The molecule has 0 fully saturated rings. The number of aromatic hydroxyl groups is 1. The van der Waals surface area contributed by atoms with Crippen molar-refractivity contribution in [2.75, 3.05) is 0 Å². The third kappa shape index (κ3) is 5.21. The normalized spacial score (nSPS) is 11.0. The fourth-order valence-electron chi connectivity index (χ4n) is 3.07. The van der Waals surface area contributed by atoms with Crippen molar-refractivity contribution in [2.24, 2.45) is 5.10 Å². The molecule has 1 amide bonds. The lowest BCUT2D eigenvalue weighted by atomic mass is 10.1. The van der Waals surface area contributed by atoms with Crippen LogP contribution in [0.1, 0.15) is 21.5 Å². The number of halogens is 1. The van der Waals surface area contributed by atoms with Gasteiger partial charge in [0.1, 0.15) is 18.1 Å². The van der Waals surface area contributed by atoms with Gasteiger partial charge in [-0.15, -0.1) is 0 Å². The Labute approximate surface area is 184 Å². The predicted molar refractivity (Wildman–Crippen MR) is 123 cm³/mol. The molecule has 31 heavy (non-hydrogen) atoms. The fraction of sp³-hybridized carbons (Fsp3) is 0.0400. The van der Waals surface area contributed by atoms with E-state index in [1.165, 1.54) is 6.21 Å². The standard InChI is InChI=1S/C25H19ClN2O3/c26-21-10-8-17(9-11-21)16-31-22-7-3-4-18(12-22)15-27-28-25(30)23-13-19-5-1-2-6-20(19)14-24(23)29/h1-15,29H,16H2,(H,28,30)/b27-15+. The largest absolute Gasteiger partial charge is 0.507 e. The Hall–Kier alpha value is -3.83. The molecule has 0 aliphatic rings. The van der Waals surface area contributed by atoms with E-state index in [9.17, 15) is 9.90 Å². The summed E-state index contributed by atoms with van der Waals surface area (Å²) in [5.41, 5.74) is 4.38. The number of nitrogens with zero attached hydrogens (tertiary/aromatic N) is 1. The first-order valence-corrected chi connectivity index (χ1v) is 9.99. The molecule has 0 saturated carbocycles. The molecule has 154 valence electrons. The molecule has 0 unspecified atom stereocenters. The molecule has 5 nitrogen and oxygen atoms in total. The highest BCUT2D eigenvalue weighted by Crippen LogP contribution is 2.25. The van der Waals surface area contributed by atoms with Crippen LogP contribution in [0.2, 0.25) is 5.02 Å². The second-order valence-corrected chi connectivity index (χ2v) is 7.34. The maximum Gasteiger partial charge on any atom is 0.275 e. The third-order valence-corrected chi connectivity index (χ3v) is 4.92. The van der Waals surface area contributed by atoms with Crippen LogP contribution >= 0.6 is 11.6 Å². The summed E-state index contributed by atoms with van der Waals surface area (Å²) < 4.78 is 5.80. The quantitative estimate of drug-likeness (QED) is 0.311. The zero-order valence-electron chi connectivity index (χ0n) is 16.5. The number of fused-ring (bicyclic) bond motifs is 1. The van der Waals surface area contributed by atoms with Crippen LogP contribution in [0.4, 0.5) is 0 Å². The lowest BCUT2D eigenvalue weighted by Gasteiger charge is -2.07. The smallest absolute Gasteiger partial charge is 0.275 e. The summed E-state index contributed by atoms with van der Waals surface area (Å²) in [5.74, 6) is 0.0936. The molecule has 0 aliphatic carbocycles. The van der Waals surface area contributed by atoms with E-state index in [2.05, 4.69) is 10.5 Å². The maximum atomic E-state index is 12.4. The average molecular weight is 431 g/mol.